The molecule has 0 saturated heterocycles. The van der Waals surface area contributed by atoms with E-state index in [9.17, 15) is 19.2 Å². The summed E-state index contributed by atoms with van der Waals surface area (Å²) >= 11 is 0. The molecule has 3 amide bonds. The number of carbonyl (C=O) groups excluding carboxylic acids is 4. The lowest BCUT2D eigenvalue weighted by atomic mass is 9.96. The van der Waals surface area contributed by atoms with Crippen LogP contribution in [0.3, 0.4) is 0 Å². The Kier molecular flexibility index (Phi) is 12.1. The number of esters is 1. The van der Waals surface area contributed by atoms with E-state index in [0.29, 0.717) is 12.0 Å². The van der Waals surface area contributed by atoms with E-state index >= 15 is 0 Å². The van der Waals surface area contributed by atoms with Crippen molar-refractivity contribution in [2.45, 2.75) is 98.4 Å². The Morgan fingerprint density at radius 2 is 1.50 bits per heavy atom. The van der Waals surface area contributed by atoms with Crippen LogP contribution in [0.5, 0.6) is 0 Å². The fraction of sp³-hybridized carbons (Fsp3) is 0.515. The van der Waals surface area contributed by atoms with Gasteiger partial charge in [0.15, 0.2) is 0 Å². The first-order valence-corrected chi connectivity index (χ1v) is 14.4. The first-order chi connectivity index (χ1) is 19.5. The molecule has 0 fully saturated rings. The van der Waals surface area contributed by atoms with Crippen LogP contribution in [-0.4, -0.2) is 59.1 Å². The van der Waals surface area contributed by atoms with Crippen LogP contribution in [0.4, 0.5) is 4.79 Å². The predicted molar refractivity (Wildman–Crippen MR) is 163 cm³/mol. The fourth-order valence-electron chi connectivity index (χ4n) is 4.45. The van der Waals surface area contributed by atoms with Gasteiger partial charge in [-0.15, -0.1) is 0 Å². The summed E-state index contributed by atoms with van der Waals surface area (Å²) in [5.74, 6) is -1.55. The maximum Gasteiger partial charge on any atom is 0.408 e. The average Bonchev–Trinajstić information content (AvgIpc) is 2.86. The van der Waals surface area contributed by atoms with E-state index in [2.05, 4.69) is 10.6 Å². The number of carbonyl (C=O) groups is 4. The van der Waals surface area contributed by atoms with Crippen molar-refractivity contribution in [3.05, 3.63) is 70.8 Å². The molecule has 0 aliphatic carbocycles. The van der Waals surface area contributed by atoms with E-state index in [1.807, 2.05) is 69.3 Å². The third-order valence-electron chi connectivity index (χ3n) is 6.14. The molecule has 2 aromatic rings. The summed E-state index contributed by atoms with van der Waals surface area (Å²) in [4.78, 5) is 54.8. The van der Waals surface area contributed by atoms with Crippen molar-refractivity contribution in [1.82, 2.24) is 15.5 Å². The molecule has 230 valence electrons. The number of rotatable bonds is 11. The number of nitrogens with zero attached hydrogens (tertiary/aromatic N) is 1. The van der Waals surface area contributed by atoms with Gasteiger partial charge in [0.05, 0.1) is 0 Å². The Bertz CT molecular complexity index is 1230. The number of nitrogens with one attached hydrogen (secondary N) is 2. The number of hydrogen-bond acceptors (Lipinski definition) is 6. The molecule has 0 spiro atoms. The summed E-state index contributed by atoms with van der Waals surface area (Å²) in [5.41, 5.74) is 1.81. The molecule has 9 nitrogen and oxygen atoms in total. The average molecular weight is 582 g/mol. The molecule has 0 aromatic heterocycles. The minimum Gasteiger partial charge on any atom is -0.458 e. The molecule has 0 heterocycles. The Hall–Kier alpha value is -3.88. The quantitative estimate of drug-likeness (QED) is 0.354. The van der Waals surface area contributed by atoms with E-state index in [1.165, 1.54) is 4.90 Å². The molecule has 0 saturated carbocycles. The maximum atomic E-state index is 14.2. The summed E-state index contributed by atoms with van der Waals surface area (Å²) in [5, 5.41) is 5.40. The predicted octanol–water partition coefficient (Wildman–Crippen LogP) is 5.18. The zero-order valence-electron chi connectivity index (χ0n) is 26.5. The molecular formula is C33H47N3O6. The second-order valence-electron chi connectivity index (χ2n) is 12.5. The van der Waals surface area contributed by atoms with Crippen LogP contribution in [0, 0.1) is 13.8 Å². The van der Waals surface area contributed by atoms with Crippen LogP contribution >= 0.6 is 0 Å². The van der Waals surface area contributed by atoms with Gasteiger partial charge in [0.25, 0.3) is 0 Å². The second-order valence-corrected chi connectivity index (χ2v) is 12.5. The summed E-state index contributed by atoms with van der Waals surface area (Å²) in [6.07, 6.45) is 0.0442. The highest BCUT2D eigenvalue weighted by Crippen LogP contribution is 2.27. The molecule has 2 aromatic carbocycles. The molecular weight excluding hydrogens is 534 g/mol. The van der Waals surface area contributed by atoms with Crippen LogP contribution in [0.2, 0.25) is 0 Å². The third-order valence-corrected chi connectivity index (χ3v) is 6.14. The zero-order chi connectivity index (χ0) is 31.7. The first-order valence-electron chi connectivity index (χ1n) is 14.4. The van der Waals surface area contributed by atoms with E-state index in [4.69, 9.17) is 9.47 Å². The van der Waals surface area contributed by atoms with Crippen LogP contribution in [0.25, 0.3) is 0 Å². The van der Waals surface area contributed by atoms with E-state index in [1.54, 1.807) is 41.5 Å². The summed E-state index contributed by atoms with van der Waals surface area (Å²) < 4.78 is 10.9. The van der Waals surface area contributed by atoms with Gasteiger partial charge in [0.1, 0.15) is 29.8 Å². The van der Waals surface area contributed by atoms with Crippen molar-refractivity contribution in [3.8, 4) is 0 Å². The van der Waals surface area contributed by atoms with Crippen LogP contribution in [0.15, 0.2) is 48.5 Å². The highest BCUT2D eigenvalue weighted by molar-refractivity contribution is 5.93. The van der Waals surface area contributed by atoms with Crippen molar-refractivity contribution in [1.29, 1.82) is 0 Å². The molecule has 9 heteroatoms. The minimum atomic E-state index is -1.06. The van der Waals surface area contributed by atoms with Gasteiger partial charge in [-0.05, 0) is 78.5 Å². The standard InChI is InChI=1S/C33H47N3O6/c1-10-18-36(27(37)21-34-31(40)42-33(7,8)9)28(25-17-16-22(2)19-23(25)3)29(38)35-26(30(39)41-32(4,5)6)20-24-14-12-11-13-15-24/h11-17,19,26,28H,10,18,20-21H2,1-9H3,(H,34,40)(H,35,38). The highest BCUT2D eigenvalue weighted by atomic mass is 16.6. The molecule has 2 N–H and O–H groups in total. The minimum absolute atomic E-state index is 0.211. The zero-order valence-corrected chi connectivity index (χ0v) is 26.5. The number of ether oxygens (including phenoxy) is 2. The normalized spacial score (nSPS) is 13.0. The van der Waals surface area contributed by atoms with Gasteiger partial charge in [-0.2, -0.15) is 0 Å². The molecule has 2 unspecified atom stereocenters. The monoisotopic (exact) mass is 581 g/mol. The van der Waals surface area contributed by atoms with Gasteiger partial charge in [0, 0.05) is 13.0 Å². The summed E-state index contributed by atoms with van der Waals surface area (Å²) in [6, 6.07) is 12.9. The lowest BCUT2D eigenvalue weighted by Gasteiger charge is -2.33. The van der Waals surface area contributed by atoms with Crippen molar-refractivity contribution < 1.29 is 28.7 Å². The molecule has 0 bridgehead atoms. The Labute approximate surface area is 250 Å². The number of amides is 3. The number of benzene rings is 2. The number of aryl methyl sites for hydroxylation is 2. The lowest BCUT2D eigenvalue weighted by Crippen LogP contribution is -2.52. The molecule has 0 aliphatic rings. The molecule has 42 heavy (non-hydrogen) atoms. The van der Waals surface area contributed by atoms with Crippen molar-refractivity contribution in [2.24, 2.45) is 0 Å². The van der Waals surface area contributed by atoms with Gasteiger partial charge in [-0.25, -0.2) is 9.59 Å². The highest BCUT2D eigenvalue weighted by Gasteiger charge is 2.36. The van der Waals surface area contributed by atoms with E-state index in [-0.39, 0.29) is 19.5 Å². The van der Waals surface area contributed by atoms with Crippen molar-refractivity contribution in [3.63, 3.8) is 0 Å². The number of hydrogen-bond donors (Lipinski definition) is 2. The molecule has 0 aliphatic heterocycles. The smallest absolute Gasteiger partial charge is 0.408 e. The van der Waals surface area contributed by atoms with Crippen LogP contribution in [-0.2, 0) is 30.3 Å². The Morgan fingerprint density at radius 3 is 2.05 bits per heavy atom. The van der Waals surface area contributed by atoms with Gasteiger partial charge < -0.3 is 25.0 Å². The lowest BCUT2D eigenvalue weighted by molar-refractivity contribution is -0.159. The van der Waals surface area contributed by atoms with E-state index < -0.39 is 47.2 Å². The fourth-order valence-corrected chi connectivity index (χ4v) is 4.45. The van der Waals surface area contributed by atoms with Gasteiger partial charge in [0.2, 0.25) is 11.8 Å². The molecule has 2 atom stereocenters. The molecule has 2 rings (SSSR count). The summed E-state index contributed by atoms with van der Waals surface area (Å²) in [7, 11) is 0. The number of alkyl carbamates (subject to hydrolysis) is 1. The first kappa shape index (κ1) is 34.3. The van der Waals surface area contributed by atoms with Gasteiger partial charge in [-0.1, -0.05) is 61.0 Å². The summed E-state index contributed by atoms with van der Waals surface area (Å²) in [6.45, 7) is 16.1. The molecule has 0 radical (unpaired) electrons. The van der Waals surface area contributed by atoms with E-state index in [0.717, 1.165) is 16.7 Å². The van der Waals surface area contributed by atoms with Gasteiger partial charge >= 0.3 is 12.1 Å². The third kappa shape index (κ3) is 11.2. The Morgan fingerprint density at radius 1 is 0.881 bits per heavy atom. The second kappa shape index (κ2) is 14.8. The van der Waals surface area contributed by atoms with Crippen LogP contribution < -0.4 is 10.6 Å². The SMILES string of the molecule is CCCN(C(=O)CNC(=O)OC(C)(C)C)C(C(=O)NC(Cc1ccccc1)C(=O)OC(C)(C)C)c1ccc(C)cc1C. The largest absolute Gasteiger partial charge is 0.458 e. The van der Waals surface area contributed by atoms with Crippen molar-refractivity contribution >= 4 is 23.9 Å². The topological polar surface area (TPSA) is 114 Å². The van der Waals surface area contributed by atoms with Gasteiger partial charge in [-0.3, -0.25) is 9.59 Å². The Balaban J connectivity index is 2.47. The van der Waals surface area contributed by atoms with Crippen LogP contribution in [0.1, 0.15) is 83.2 Å². The van der Waals surface area contributed by atoms with Crippen molar-refractivity contribution in [2.75, 3.05) is 13.1 Å². The maximum absolute atomic E-state index is 14.2.